The van der Waals surface area contributed by atoms with Gasteiger partial charge in [-0.25, -0.2) is 9.97 Å². The van der Waals surface area contributed by atoms with Crippen LogP contribution in [0.5, 0.6) is 0 Å². The van der Waals surface area contributed by atoms with Gasteiger partial charge < -0.3 is 0 Å². The van der Waals surface area contributed by atoms with Crippen LogP contribution in [0.15, 0.2) is 194 Å². The summed E-state index contributed by atoms with van der Waals surface area (Å²) in [4.78, 5) is 11.5. The van der Waals surface area contributed by atoms with Crippen LogP contribution in [0.4, 0.5) is 0 Å². The van der Waals surface area contributed by atoms with Gasteiger partial charge in [0.05, 0.1) is 22.1 Å². The number of benzene rings is 7. The summed E-state index contributed by atoms with van der Waals surface area (Å²) in [6.07, 6.45) is 0. The van der Waals surface area contributed by atoms with Gasteiger partial charge in [0.15, 0.2) is 0 Å². The third-order valence-electron chi connectivity index (χ3n) is 10.3. The molecule has 5 heteroatoms. The number of rotatable bonds is 6. The fraction of sp³-hybridized carbons (Fsp3) is 0. The van der Waals surface area contributed by atoms with Crippen molar-refractivity contribution in [1.82, 2.24) is 19.1 Å². The number of fused-ring (bicyclic) bond motifs is 6. The second-order valence-corrected chi connectivity index (χ2v) is 16.7. The van der Waals surface area contributed by atoms with E-state index in [0.717, 1.165) is 39.2 Å². The highest BCUT2D eigenvalue weighted by Crippen LogP contribution is 2.34. The first-order valence-electron chi connectivity index (χ1n) is 17.4. The Hall–Kier alpha value is -6.56. The molecule has 0 radical (unpaired) electrons. The normalized spacial score (nSPS) is 11.9. The summed E-state index contributed by atoms with van der Waals surface area (Å²) in [7, 11) is -3.11. The molecule has 7 aromatic carbocycles. The van der Waals surface area contributed by atoms with Gasteiger partial charge in [-0.15, -0.1) is 0 Å². The summed E-state index contributed by atoms with van der Waals surface area (Å²) in [6.45, 7) is 0. The van der Waals surface area contributed by atoms with Crippen LogP contribution >= 0.6 is 0 Å². The van der Waals surface area contributed by atoms with Gasteiger partial charge in [-0.3, -0.25) is 9.13 Å². The van der Waals surface area contributed by atoms with Crippen LogP contribution in [0.1, 0.15) is 0 Å². The maximum atomic E-state index is 5.75. The Morgan fingerprint density at radius 1 is 0.314 bits per heavy atom. The predicted octanol–water partition coefficient (Wildman–Crippen LogP) is 8.05. The SMILES string of the molecule is c1ccc([Si](c2ccccc2)(c2ccccc2)c2nc(-n3c4ccccc4c4ccccc43)cc(-n3c4ccccc4c4ccccc43)n2)cc1. The molecule has 0 aliphatic rings. The quantitative estimate of drug-likeness (QED) is 0.133. The van der Waals surface area contributed by atoms with Crippen molar-refractivity contribution in [2.24, 2.45) is 0 Å². The van der Waals surface area contributed by atoms with Crippen molar-refractivity contribution in [3.8, 4) is 11.6 Å². The Balaban J connectivity index is 1.41. The Labute approximate surface area is 296 Å². The monoisotopic (exact) mass is 668 g/mol. The predicted molar refractivity (Wildman–Crippen MR) is 214 cm³/mol. The van der Waals surface area contributed by atoms with E-state index in [1.54, 1.807) is 0 Å². The molecule has 0 N–H and O–H groups in total. The highest BCUT2D eigenvalue weighted by Gasteiger charge is 2.45. The number of aromatic nitrogens is 4. The smallest absolute Gasteiger partial charge is 0.226 e. The van der Waals surface area contributed by atoms with Crippen molar-refractivity contribution in [3.05, 3.63) is 194 Å². The molecule has 0 bridgehead atoms. The topological polar surface area (TPSA) is 35.6 Å². The van der Waals surface area contributed by atoms with Gasteiger partial charge in [0.25, 0.3) is 0 Å². The van der Waals surface area contributed by atoms with Gasteiger partial charge in [0, 0.05) is 27.6 Å². The largest absolute Gasteiger partial charge is 0.294 e. The number of hydrogen-bond acceptors (Lipinski definition) is 2. The zero-order valence-electron chi connectivity index (χ0n) is 27.8. The molecule has 0 amide bonds. The molecule has 3 aromatic heterocycles. The van der Waals surface area contributed by atoms with Crippen molar-refractivity contribution >= 4 is 72.7 Å². The van der Waals surface area contributed by atoms with Crippen LogP contribution in [0.3, 0.4) is 0 Å². The van der Waals surface area contributed by atoms with Crippen molar-refractivity contribution in [1.29, 1.82) is 0 Å². The van der Waals surface area contributed by atoms with Crippen LogP contribution in [-0.4, -0.2) is 27.2 Å². The minimum absolute atomic E-state index is 0.835. The molecule has 51 heavy (non-hydrogen) atoms. The van der Waals surface area contributed by atoms with Crippen molar-refractivity contribution in [3.63, 3.8) is 0 Å². The molecule has 10 aromatic rings. The van der Waals surface area contributed by atoms with Gasteiger partial charge in [-0.1, -0.05) is 164 Å². The summed E-state index contributed by atoms with van der Waals surface area (Å²) >= 11 is 0. The van der Waals surface area contributed by atoms with Crippen molar-refractivity contribution in [2.45, 2.75) is 0 Å². The molecular formula is C46H32N4Si. The lowest BCUT2D eigenvalue weighted by Gasteiger charge is -2.32. The van der Waals surface area contributed by atoms with Gasteiger partial charge in [0.2, 0.25) is 8.07 Å². The fourth-order valence-electron chi connectivity index (χ4n) is 8.11. The van der Waals surface area contributed by atoms with E-state index in [4.69, 9.17) is 9.97 Å². The minimum atomic E-state index is -3.11. The van der Waals surface area contributed by atoms with Gasteiger partial charge in [0.1, 0.15) is 17.1 Å². The zero-order valence-corrected chi connectivity index (χ0v) is 28.8. The highest BCUT2D eigenvalue weighted by molar-refractivity contribution is 7.19. The summed E-state index contributed by atoms with van der Waals surface area (Å²) in [5.74, 6) is 1.68. The Kier molecular flexibility index (Phi) is 6.79. The van der Waals surface area contributed by atoms with Crippen LogP contribution in [0.2, 0.25) is 0 Å². The first kappa shape index (κ1) is 29.4. The average molecular weight is 669 g/mol. The van der Waals surface area contributed by atoms with E-state index in [1.165, 1.54) is 37.1 Å². The van der Waals surface area contributed by atoms with E-state index in [0.29, 0.717) is 0 Å². The molecule has 0 saturated heterocycles. The van der Waals surface area contributed by atoms with E-state index >= 15 is 0 Å². The summed E-state index contributed by atoms with van der Waals surface area (Å²) in [5.41, 5.74) is 5.29. The molecule has 3 heterocycles. The van der Waals surface area contributed by atoms with Crippen LogP contribution in [0, 0.1) is 0 Å². The molecule has 4 nitrogen and oxygen atoms in total. The minimum Gasteiger partial charge on any atom is -0.294 e. The first-order chi connectivity index (χ1) is 25.3. The lowest BCUT2D eigenvalue weighted by molar-refractivity contribution is 1.01. The number of nitrogens with zero attached hydrogens (tertiary/aromatic N) is 4. The molecule has 0 unspecified atom stereocenters. The van der Waals surface area contributed by atoms with Crippen molar-refractivity contribution in [2.75, 3.05) is 0 Å². The number of hydrogen-bond donors (Lipinski definition) is 0. The molecule has 240 valence electrons. The van der Waals surface area contributed by atoms with E-state index in [2.05, 4.69) is 203 Å². The average Bonchev–Trinajstić information content (AvgIpc) is 3.73. The summed E-state index contributed by atoms with van der Waals surface area (Å²) < 4.78 is 4.65. The maximum absolute atomic E-state index is 5.75. The molecule has 0 aliphatic heterocycles. The summed E-state index contributed by atoms with van der Waals surface area (Å²) in [5, 5.41) is 8.49. The van der Waals surface area contributed by atoms with Gasteiger partial charge >= 0.3 is 0 Å². The molecule has 10 rings (SSSR count). The molecule has 0 saturated carbocycles. The second kappa shape index (κ2) is 11.8. The molecule has 0 fully saturated rings. The molecule has 0 atom stereocenters. The van der Waals surface area contributed by atoms with Gasteiger partial charge in [-0.2, -0.15) is 0 Å². The van der Waals surface area contributed by atoms with Crippen LogP contribution in [0.25, 0.3) is 55.2 Å². The van der Waals surface area contributed by atoms with E-state index in [-0.39, 0.29) is 0 Å². The van der Waals surface area contributed by atoms with E-state index in [9.17, 15) is 0 Å². The Morgan fingerprint density at radius 2 is 0.588 bits per heavy atom. The lowest BCUT2D eigenvalue weighted by Crippen LogP contribution is -2.76. The van der Waals surface area contributed by atoms with Crippen LogP contribution in [-0.2, 0) is 0 Å². The molecule has 0 aliphatic carbocycles. The fourth-order valence-corrected chi connectivity index (χ4v) is 12.5. The Bertz CT molecular complexity index is 2520. The van der Waals surface area contributed by atoms with E-state index < -0.39 is 8.07 Å². The molecular weight excluding hydrogens is 637 g/mol. The highest BCUT2D eigenvalue weighted by atomic mass is 28.3. The van der Waals surface area contributed by atoms with Gasteiger partial charge in [-0.05, 0) is 39.8 Å². The standard InChI is InChI=1S/C46H32N4Si/c1-4-18-33(19-5-1)51(34-20-6-2-7-21-34,35-22-8-3-9-23-35)46-47-44(49-40-28-14-10-24-36(40)37-25-11-15-29-41(37)49)32-45(48-46)50-42-30-16-12-26-38(42)39-27-13-17-31-43(39)50/h1-32H. The molecule has 0 spiro atoms. The maximum Gasteiger partial charge on any atom is 0.226 e. The number of para-hydroxylation sites is 4. The lowest BCUT2D eigenvalue weighted by atomic mass is 10.2. The zero-order chi connectivity index (χ0) is 33.8. The van der Waals surface area contributed by atoms with E-state index in [1.807, 2.05) is 0 Å². The van der Waals surface area contributed by atoms with Crippen LogP contribution < -0.4 is 21.0 Å². The third kappa shape index (κ3) is 4.45. The first-order valence-corrected chi connectivity index (χ1v) is 19.4. The van der Waals surface area contributed by atoms with Crippen molar-refractivity contribution < 1.29 is 0 Å². The third-order valence-corrected chi connectivity index (χ3v) is 14.8. The Morgan fingerprint density at radius 3 is 0.902 bits per heavy atom. The summed E-state index contributed by atoms with van der Waals surface area (Å²) in [6, 6.07) is 69.5. The second-order valence-electron chi connectivity index (χ2n) is 13.0.